The summed E-state index contributed by atoms with van der Waals surface area (Å²) < 4.78 is 0. The van der Waals surface area contributed by atoms with Crippen LogP contribution >= 0.6 is 12.2 Å². The molecule has 0 radical (unpaired) electrons. The van der Waals surface area contributed by atoms with Crippen molar-refractivity contribution in [2.45, 2.75) is 0 Å². The summed E-state index contributed by atoms with van der Waals surface area (Å²) in [5.74, 6) is 5.33. The average molecular weight is 191 g/mol. The molecule has 0 heterocycles. The van der Waals surface area contributed by atoms with E-state index in [0.29, 0.717) is 4.99 Å². The fourth-order valence-electron chi connectivity index (χ4n) is 0.942. The third-order valence-corrected chi connectivity index (χ3v) is 1.71. The Kier molecular flexibility index (Phi) is 3.44. The highest BCUT2D eigenvalue weighted by Gasteiger charge is 1.99. The van der Waals surface area contributed by atoms with Gasteiger partial charge in [0.2, 0.25) is 0 Å². The lowest BCUT2D eigenvalue weighted by Crippen LogP contribution is -2.11. The minimum atomic E-state index is -0.161. The van der Waals surface area contributed by atoms with E-state index in [9.17, 15) is 0 Å². The van der Waals surface area contributed by atoms with Crippen LogP contribution in [0.3, 0.4) is 0 Å². The second-order valence-corrected chi connectivity index (χ2v) is 2.81. The monoisotopic (exact) mass is 191 g/mol. The van der Waals surface area contributed by atoms with Crippen LogP contribution in [-0.2, 0) is 0 Å². The fourth-order valence-corrected chi connectivity index (χ4v) is 1.12. The van der Waals surface area contributed by atoms with Crippen LogP contribution in [-0.4, -0.2) is 16.7 Å². The van der Waals surface area contributed by atoms with Crippen molar-refractivity contribution in [3.8, 4) is 11.8 Å². The van der Waals surface area contributed by atoms with Gasteiger partial charge in [-0.1, -0.05) is 42.3 Å². The Balaban J connectivity index is 3.12. The van der Waals surface area contributed by atoms with Gasteiger partial charge in [0.1, 0.15) is 11.6 Å². The van der Waals surface area contributed by atoms with Crippen LogP contribution in [0.4, 0.5) is 0 Å². The van der Waals surface area contributed by atoms with Crippen LogP contribution in [0.25, 0.3) is 0 Å². The van der Waals surface area contributed by atoms with E-state index in [-0.39, 0.29) is 6.61 Å². The normalized spacial score (nSPS) is 8.69. The maximum absolute atomic E-state index is 8.52. The number of rotatable bonds is 1. The third kappa shape index (κ3) is 2.55. The Morgan fingerprint density at radius 3 is 2.77 bits per heavy atom. The van der Waals surface area contributed by atoms with Gasteiger partial charge in [-0.3, -0.25) is 0 Å². The molecule has 1 rings (SSSR count). The number of aliphatic hydroxyl groups is 1. The predicted octanol–water partition coefficient (Wildman–Crippen LogP) is 0.665. The molecule has 0 bridgehead atoms. The molecule has 1 aromatic rings. The van der Waals surface area contributed by atoms with Gasteiger partial charge in [-0.2, -0.15) is 0 Å². The molecule has 0 aliphatic heterocycles. The summed E-state index contributed by atoms with van der Waals surface area (Å²) in [5.41, 5.74) is 6.99. The van der Waals surface area contributed by atoms with Crippen LogP contribution < -0.4 is 5.73 Å². The first kappa shape index (κ1) is 9.72. The summed E-state index contributed by atoms with van der Waals surface area (Å²) in [7, 11) is 0. The zero-order valence-corrected chi connectivity index (χ0v) is 7.77. The molecule has 2 nitrogen and oxygen atoms in total. The van der Waals surface area contributed by atoms with E-state index in [1.54, 1.807) is 0 Å². The standard InChI is InChI=1S/C10H9NOS/c11-10(13)9-6-2-1-4-8(9)5-3-7-12/h1-2,4,6,12H,7H2,(H2,11,13). The van der Waals surface area contributed by atoms with Gasteiger partial charge in [0, 0.05) is 11.1 Å². The topological polar surface area (TPSA) is 46.2 Å². The molecule has 0 aliphatic rings. The predicted molar refractivity (Wildman–Crippen MR) is 56.3 cm³/mol. The first-order valence-corrected chi connectivity index (χ1v) is 4.15. The number of thiocarbonyl (C=S) groups is 1. The molecule has 0 saturated carbocycles. The number of aliphatic hydroxyl groups excluding tert-OH is 1. The van der Waals surface area contributed by atoms with Gasteiger partial charge < -0.3 is 10.8 Å². The zero-order valence-electron chi connectivity index (χ0n) is 6.95. The first-order valence-electron chi connectivity index (χ1n) is 3.74. The molecule has 3 N–H and O–H groups in total. The smallest absolute Gasteiger partial charge is 0.105 e. The molecule has 66 valence electrons. The lowest BCUT2D eigenvalue weighted by molar-refractivity contribution is 0.350. The maximum atomic E-state index is 8.52. The lowest BCUT2D eigenvalue weighted by atomic mass is 10.1. The Morgan fingerprint density at radius 1 is 1.46 bits per heavy atom. The van der Waals surface area contributed by atoms with E-state index in [4.69, 9.17) is 23.1 Å². The molecule has 0 amide bonds. The molecule has 0 fully saturated rings. The highest BCUT2D eigenvalue weighted by Crippen LogP contribution is 2.06. The van der Waals surface area contributed by atoms with Gasteiger partial charge in [-0.25, -0.2) is 0 Å². The van der Waals surface area contributed by atoms with Gasteiger partial charge in [-0.05, 0) is 6.07 Å². The number of hydrogen-bond acceptors (Lipinski definition) is 2. The van der Waals surface area contributed by atoms with Crippen LogP contribution in [0.5, 0.6) is 0 Å². The van der Waals surface area contributed by atoms with Gasteiger partial charge in [0.25, 0.3) is 0 Å². The van der Waals surface area contributed by atoms with Gasteiger partial charge >= 0.3 is 0 Å². The quantitative estimate of drug-likeness (QED) is 0.506. The Bertz CT molecular complexity index is 376. The molecular formula is C10H9NOS. The second-order valence-electron chi connectivity index (χ2n) is 2.37. The van der Waals surface area contributed by atoms with Gasteiger partial charge in [-0.15, -0.1) is 0 Å². The molecule has 0 atom stereocenters. The summed E-state index contributed by atoms with van der Waals surface area (Å²) in [6.45, 7) is -0.161. The third-order valence-electron chi connectivity index (χ3n) is 1.49. The fraction of sp³-hybridized carbons (Fsp3) is 0.100. The average Bonchev–Trinajstić information content (AvgIpc) is 2.15. The van der Waals surface area contributed by atoms with Crippen molar-refractivity contribution in [2.75, 3.05) is 6.61 Å². The summed E-state index contributed by atoms with van der Waals surface area (Å²) in [5, 5.41) is 8.52. The second kappa shape index (κ2) is 4.61. The lowest BCUT2D eigenvalue weighted by Gasteiger charge is -2.00. The molecule has 0 unspecified atom stereocenters. The molecule has 13 heavy (non-hydrogen) atoms. The van der Waals surface area contributed by atoms with Crippen molar-refractivity contribution in [3.05, 3.63) is 35.4 Å². The minimum Gasteiger partial charge on any atom is -0.389 e. The Labute approximate surface area is 82.4 Å². The number of nitrogens with two attached hydrogens (primary N) is 1. The Hall–Kier alpha value is -1.37. The Morgan fingerprint density at radius 2 is 2.15 bits per heavy atom. The van der Waals surface area contributed by atoms with Crippen molar-refractivity contribution in [2.24, 2.45) is 5.73 Å². The number of benzene rings is 1. The minimum absolute atomic E-state index is 0.161. The number of hydrogen-bond donors (Lipinski definition) is 2. The molecule has 0 aliphatic carbocycles. The van der Waals surface area contributed by atoms with Crippen molar-refractivity contribution >= 4 is 17.2 Å². The summed E-state index contributed by atoms with van der Waals surface area (Å²) in [4.78, 5) is 0.322. The molecule has 0 aromatic heterocycles. The molecular weight excluding hydrogens is 182 g/mol. The van der Waals surface area contributed by atoms with E-state index in [1.807, 2.05) is 24.3 Å². The highest BCUT2D eigenvalue weighted by atomic mass is 32.1. The van der Waals surface area contributed by atoms with Gasteiger partial charge in [0.05, 0.1) is 0 Å². The van der Waals surface area contributed by atoms with Crippen LogP contribution in [0, 0.1) is 11.8 Å². The van der Waals surface area contributed by atoms with E-state index < -0.39 is 0 Å². The van der Waals surface area contributed by atoms with Crippen LogP contribution in [0.2, 0.25) is 0 Å². The molecule has 1 aromatic carbocycles. The van der Waals surface area contributed by atoms with Gasteiger partial charge in [0.15, 0.2) is 0 Å². The molecule has 0 spiro atoms. The van der Waals surface area contributed by atoms with Crippen molar-refractivity contribution in [1.82, 2.24) is 0 Å². The largest absolute Gasteiger partial charge is 0.389 e. The van der Waals surface area contributed by atoms with Crippen molar-refractivity contribution in [3.63, 3.8) is 0 Å². The van der Waals surface area contributed by atoms with E-state index in [1.165, 1.54) is 0 Å². The van der Waals surface area contributed by atoms with Crippen LogP contribution in [0.15, 0.2) is 24.3 Å². The summed E-state index contributed by atoms with van der Waals surface area (Å²) >= 11 is 4.85. The summed E-state index contributed by atoms with van der Waals surface area (Å²) in [6, 6.07) is 7.32. The highest BCUT2D eigenvalue weighted by molar-refractivity contribution is 7.80. The van der Waals surface area contributed by atoms with E-state index >= 15 is 0 Å². The van der Waals surface area contributed by atoms with E-state index in [0.717, 1.165) is 11.1 Å². The summed E-state index contributed by atoms with van der Waals surface area (Å²) in [6.07, 6.45) is 0. The van der Waals surface area contributed by atoms with Crippen molar-refractivity contribution in [1.29, 1.82) is 0 Å². The molecule has 0 saturated heterocycles. The van der Waals surface area contributed by atoms with E-state index in [2.05, 4.69) is 11.8 Å². The zero-order chi connectivity index (χ0) is 9.68. The first-order chi connectivity index (χ1) is 6.25. The van der Waals surface area contributed by atoms with Crippen molar-refractivity contribution < 1.29 is 5.11 Å². The maximum Gasteiger partial charge on any atom is 0.105 e. The molecule has 3 heteroatoms. The van der Waals surface area contributed by atoms with Crippen LogP contribution in [0.1, 0.15) is 11.1 Å². The SMILES string of the molecule is NC(=S)c1ccccc1C#CCO.